The van der Waals surface area contributed by atoms with E-state index in [4.69, 9.17) is 10.5 Å². The number of hydrogen-bond acceptors (Lipinski definition) is 3. The zero-order valence-corrected chi connectivity index (χ0v) is 14.0. The fourth-order valence-corrected chi connectivity index (χ4v) is 2.95. The van der Waals surface area contributed by atoms with Crippen molar-refractivity contribution in [1.82, 2.24) is 4.90 Å². The van der Waals surface area contributed by atoms with Gasteiger partial charge in [-0.15, -0.1) is 0 Å². The van der Waals surface area contributed by atoms with Crippen LogP contribution in [0.1, 0.15) is 37.3 Å². The van der Waals surface area contributed by atoms with E-state index in [-0.39, 0.29) is 11.9 Å². The number of benzene rings is 1. The van der Waals surface area contributed by atoms with Gasteiger partial charge in [0.2, 0.25) is 5.91 Å². The van der Waals surface area contributed by atoms with Crippen LogP contribution in [0, 0.1) is 19.8 Å². The number of ether oxygens (including phenoxy) is 1. The maximum Gasteiger partial charge on any atom is 0.226 e. The molecule has 1 saturated heterocycles. The summed E-state index contributed by atoms with van der Waals surface area (Å²) >= 11 is 0. The number of piperidine rings is 1. The van der Waals surface area contributed by atoms with Gasteiger partial charge >= 0.3 is 0 Å². The molecule has 0 radical (unpaired) electrons. The van der Waals surface area contributed by atoms with Crippen LogP contribution >= 0.6 is 0 Å². The van der Waals surface area contributed by atoms with Crippen molar-refractivity contribution in [2.45, 2.75) is 46.1 Å². The molecule has 1 amide bonds. The molecule has 0 bridgehead atoms. The van der Waals surface area contributed by atoms with Crippen LogP contribution in [-0.2, 0) is 4.79 Å². The Morgan fingerprint density at radius 3 is 2.95 bits per heavy atom. The molecular formula is C18H28N2O2. The number of nitrogens with zero attached hydrogens (tertiary/aromatic N) is 1. The van der Waals surface area contributed by atoms with E-state index in [0.29, 0.717) is 18.9 Å². The van der Waals surface area contributed by atoms with Gasteiger partial charge < -0.3 is 15.4 Å². The van der Waals surface area contributed by atoms with E-state index in [9.17, 15) is 4.79 Å². The zero-order valence-electron chi connectivity index (χ0n) is 14.0. The number of hydrogen-bond donors (Lipinski definition) is 1. The van der Waals surface area contributed by atoms with Crippen LogP contribution in [0.15, 0.2) is 18.2 Å². The van der Waals surface area contributed by atoms with E-state index in [1.54, 1.807) is 0 Å². The first kappa shape index (κ1) is 16.8. The molecule has 1 heterocycles. The van der Waals surface area contributed by atoms with Gasteiger partial charge in [-0.2, -0.15) is 0 Å². The van der Waals surface area contributed by atoms with Gasteiger partial charge in [-0.05, 0) is 56.7 Å². The van der Waals surface area contributed by atoms with Crippen molar-refractivity contribution < 1.29 is 9.53 Å². The van der Waals surface area contributed by atoms with Crippen LogP contribution in [0.2, 0.25) is 0 Å². The molecule has 2 N–H and O–H groups in total. The average Bonchev–Trinajstić information content (AvgIpc) is 2.51. The second-order valence-electron chi connectivity index (χ2n) is 6.40. The summed E-state index contributed by atoms with van der Waals surface area (Å²) in [4.78, 5) is 14.3. The highest BCUT2D eigenvalue weighted by molar-refractivity contribution is 5.76. The summed E-state index contributed by atoms with van der Waals surface area (Å²) in [5.74, 6) is 1.48. The molecule has 1 aliphatic heterocycles. The summed E-state index contributed by atoms with van der Waals surface area (Å²) < 4.78 is 5.78. The third-order valence-corrected chi connectivity index (χ3v) is 4.68. The van der Waals surface area contributed by atoms with Gasteiger partial charge in [0.25, 0.3) is 0 Å². The Labute approximate surface area is 133 Å². The molecule has 0 spiro atoms. The summed E-state index contributed by atoms with van der Waals surface area (Å²) in [5.41, 5.74) is 8.33. The van der Waals surface area contributed by atoms with Crippen LogP contribution in [-0.4, -0.2) is 36.5 Å². The molecule has 0 aliphatic carbocycles. The largest absolute Gasteiger partial charge is 0.493 e. The second kappa shape index (κ2) is 7.63. The number of aryl methyl sites for hydroxylation is 1. The van der Waals surface area contributed by atoms with Gasteiger partial charge in [-0.3, -0.25) is 4.79 Å². The van der Waals surface area contributed by atoms with Gasteiger partial charge in [0.05, 0.1) is 13.0 Å². The Morgan fingerprint density at radius 1 is 1.45 bits per heavy atom. The summed E-state index contributed by atoms with van der Waals surface area (Å²) in [6, 6.07) is 6.16. The van der Waals surface area contributed by atoms with Crippen LogP contribution < -0.4 is 10.5 Å². The molecule has 4 heteroatoms. The highest BCUT2D eigenvalue weighted by Gasteiger charge is 2.25. The number of likely N-dealkylation sites (tertiary alicyclic amines) is 1. The Balaban J connectivity index is 1.81. The maximum atomic E-state index is 12.3. The second-order valence-corrected chi connectivity index (χ2v) is 6.40. The van der Waals surface area contributed by atoms with E-state index in [2.05, 4.69) is 13.0 Å². The van der Waals surface area contributed by atoms with Crippen molar-refractivity contribution in [3.05, 3.63) is 29.3 Å². The van der Waals surface area contributed by atoms with Crippen LogP contribution in [0.3, 0.4) is 0 Å². The lowest BCUT2D eigenvalue weighted by Crippen LogP contribution is -2.45. The fraction of sp³-hybridized carbons (Fsp3) is 0.611. The van der Waals surface area contributed by atoms with E-state index >= 15 is 0 Å². The van der Waals surface area contributed by atoms with Crippen LogP contribution in [0.4, 0.5) is 0 Å². The lowest BCUT2D eigenvalue weighted by atomic mass is 9.92. The van der Waals surface area contributed by atoms with Gasteiger partial charge in [0.15, 0.2) is 0 Å². The average molecular weight is 304 g/mol. The van der Waals surface area contributed by atoms with Crippen molar-refractivity contribution in [2.24, 2.45) is 11.7 Å². The Hall–Kier alpha value is -1.55. The SMILES string of the molecule is Cc1cccc(OCCC(=O)N2CCC[C@@H]([C@@H](C)N)C2)c1C. The normalized spacial score (nSPS) is 19.8. The van der Waals surface area contributed by atoms with Crippen molar-refractivity contribution in [3.8, 4) is 5.75 Å². The van der Waals surface area contributed by atoms with Crippen molar-refractivity contribution in [2.75, 3.05) is 19.7 Å². The Bertz CT molecular complexity index is 514. The smallest absolute Gasteiger partial charge is 0.226 e. The molecule has 1 aliphatic rings. The molecule has 0 unspecified atom stereocenters. The number of amides is 1. The minimum absolute atomic E-state index is 0.154. The van der Waals surface area contributed by atoms with Gasteiger partial charge in [-0.1, -0.05) is 12.1 Å². The van der Waals surface area contributed by atoms with Crippen LogP contribution in [0.5, 0.6) is 5.75 Å². The molecule has 1 aromatic carbocycles. The highest BCUT2D eigenvalue weighted by Crippen LogP contribution is 2.22. The number of carbonyl (C=O) groups excluding carboxylic acids is 1. The first-order valence-corrected chi connectivity index (χ1v) is 8.21. The fourth-order valence-electron chi connectivity index (χ4n) is 2.95. The molecule has 2 atom stereocenters. The third kappa shape index (κ3) is 4.23. The molecule has 2 rings (SSSR count). The molecular weight excluding hydrogens is 276 g/mol. The van der Waals surface area contributed by atoms with E-state index < -0.39 is 0 Å². The van der Waals surface area contributed by atoms with Gasteiger partial charge in [0.1, 0.15) is 5.75 Å². The van der Waals surface area contributed by atoms with E-state index in [0.717, 1.165) is 37.2 Å². The predicted molar refractivity (Wildman–Crippen MR) is 89.0 cm³/mol. The number of nitrogens with two attached hydrogens (primary N) is 1. The standard InChI is InChI=1S/C18H28N2O2/c1-13-6-4-8-17(14(13)2)22-11-9-18(21)20-10-5-7-16(12-20)15(3)19/h4,6,8,15-16H,5,7,9-12,19H2,1-3H3/t15-,16-/m1/s1. The quantitative estimate of drug-likeness (QED) is 0.910. The summed E-state index contributed by atoms with van der Waals surface area (Å²) in [6.45, 7) is 8.22. The highest BCUT2D eigenvalue weighted by atomic mass is 16.5. The summed E-state index contributed by atoms with van der Waals surface area (Å²) in [5, 5.41) is 0. The van der Waals surface area contributed by atoms with Crippen molar-refractivity contribution in [3.63, 3.8) is 0 Å². The predicted octanol–water partition coefficient (Wildman–Crippen LogP) is 2.66. The molecule has 22 heavy (non-hydrogen) atoms. The first-order chi connectivity index (χ1) is 10.5. The van der Waals surface area contributed by atoms with Crippen LogP contribution in [0.25, 0.3) is 0 Å². The molecule has 0 saturated carbocycles. The van der Waals surface area contributed by atoms with Crippen molar-refractivity contribution >= 4 is 5.91 Å². The molecule has 1 fully saturated rings. The Kier molecular flexibility index (Phi) is 5.83. The summed E-state index contributed by atoms with van der Waals surface area (Å²) in [7, 11) is 0. The Morgan fingerprint density at radius 2 is 2.23 bits per heavy atom. The summed E-state index contributed by atoms with van der Waals surface area (Å²) in [6.07, 6.45) is 2.61. The first-order valence-electron chi connectivity index (χ1n) is 8.21. The van der Waals surface area contributed by atoms with Gasteiger partial charge in [0, 0.05) is 19.1 Å². The maximum absolute atomic E-state index is 12.3. The van der Waals surface area contributed by atoms with E-state index in [1.165, 1.54) is 5.56 Å². The molecule has 1 aromatic rings. The van der Waals surface area contributed by atoms with Crippen molar-refractivity contribution in [1.29, 1.82) is 0 Å². The molecule has 122 valence electrons. The topological polar surface area (TPSA) is 55.6 Å². The number of carbonyl (C=O) groups is 1. The van der Waals surface area contributed by atoms with E-state index in [1.807, 2.05) is 30.9 Å². The lowest BCUT2D eigenvalue weighted by molar-refractivity contribution is -0.133. The lowest BCUT2D eigenvalue weighted by Gasteiger charge is -2.34. The zero-order chi connectivity index (χ0) is 16.1. The molecule has 4 nitrogen and oxygen atoms in total. The third-order valence-electron chi connectivity index (χ3n) is 4.68. The minimum Gasteiger partial charge on any atom is -0.493 e. The van der Waals surface area contributed by atoms with Gasteiger partial charge in [-0.25, -0.2) is 0 Å². The minimum atomic E-state index is 0.154. The monoisotopic (exact) mass is 304 g/mol. The molecule has 0 aromatic heterocycles. The number of rotatable bonds is 5.